The topological polar surface area (TPSA) is 104 Å². The Balaban J connectivity index is 3.82. The smallest absolute Gasteiger partial charge is 0.266 e. The number of carbonyl (C=O) groups excluding carboxylic acids is 1. The summed E-state index contributed by atoms with van der Waals surface area (Å²) in [6, 6.07) is -0.969. The van der Waals surface area contributed by atoms with Crippen LogP contribution < -0.4 is 5.32 Å². The number of hydrogen-bond acceptors (Lipinski definition) is 4. The number of aliphatic hydroxyl groups excluding tert-OH is 1. The van der Waals surface area contributed by atoms with Gasteiger partial charge < -0.3 is 10.4 Å². The number of rotatable bonds is 40. The van der Waals surface area contributed by atoms with Gasteiger partial charge in [0.25, 0.3) is 10.1 Å². The van der Waals surface area contributed by atoms with Crippen molar-refractivity contribution in [2.75, 3.05) is 5.75 Å². The zero-order chi connectivity index (χ0) is 36.8. The monoisotopic (exact) mass is 728 g/mol. The molecule has 0 saturated carbocycles. The molecule has 7 heteroatoms. The van der Waals surface area contributed by atoms with Crippen molar-refractivity contribution in [2.45, 2.75) is 251 Å². The third-order valence-corrected chi connectivity index (χ3v) is 11.0. The van der Waals surface area contributed by atoms with Crippen LogP contribution in [0.3, 0.4) is 0 Å². The normalized spacial score (nSPS) is 13.3. The van der Waals surface area contributed by atoms with E-state index in [2.05, 4.69) is 31.3 Å². The molecule has 0 aromatic heterocycles. The molecule has 2 unspecified atom stereocenters. The first-order chi connectivity index (χ1) is 24.3. The number of carbonyl (C=O) groups is 1. The van der Waals surface area contributed by atoms with Crippen LogP contribution in [0.25, 0.3) is 0 Å². The third kappa shape index (κ3) is 38.3. The summed E-state index contributed by atoms with van der Waals surface area (Å²) in [5.74, 6) is -0.893. The zero-order valence-corrected chi connectivity index (χ0v) is 34.1. The van der Waals surface area contributed by atoms with Crippen LogP contribution in [0.1, 0.15) is 239 Å². The lowest BCUT2D eigenvalue weighted by atomic mass is 10.0. The van der Waals surface area contributed by atoms with Crippen LogP contribution in [-0.4, -0.2) is 41.9 Å². The molecule has 0 aliphatic rings. The molecule has 0 heterocycles. The number of allylic oxidation sites excluding steroid dienone is 2. The van der Waals surface area contributed by atoms with E-state index in [1.54, 1.807) is 0 Å². The number of nitrogens with one attached hydrogen (secondary N) is 1. The lowest BCUT2D eigenvalue weighted by Gasteiger charge is -2.23. The van der Waals surface area contributed by atoms with E-state index in [9.17, 15) is 22.9 Å². The molecule has 6 nitrogen and oxygen atoms in total. The Labute approximate surface area is 312 Å². The molecule has 0 saturated heterocycles. The molecule has 0 rings (SSSR count). The average molecular weight is 728 g/mol. The molecule has 0 fully saturated rings. The van der Waals surface area contributed by atoms with Gasteiger partial charge in [-0.15, -0.1) is 0 Å². The summed E-state index contributed by atoms with van der Waals surface area (Å²) in [7, 11) is -4.31. The van der Waals surface area contributed by atoms with Crippen molar-refractivity contribution < 1.29 is 22.9 Å². The molecule has 298 valence electrons. The minimum Gasteiger partial charge on any atom is -0.391 e. The summed E-state index contributed by atoms with van der Waals surface area (Å²) in [5, 5.41) is 13.4. The molecule has 0 spiro atoms. The Morgan fingerprint density at radius 2 is 0.840 bits per heavy atom. The van der Waals surface area contributed by atoms with Crippen LogP contribution >= 0.6 is 0 Å². The molecule has 2 atom stereocenters. The van der Waals surface area contributed by atoms with Gasteiger partial charge >= 0.3 is 0 Å². The maximum Gasteiger partial charge on any atom is 0.266 e. The van der Waals surface area contributed by atoms with Gasteiger partial charge in [0.05, 0.1) is 17.9 Å². The minimum absolute atomic E-state index is 0.247. The first-order valence-corrected chi connectivity index (χ1v) is 23.5. The Kier molecular flexibility index (Phi) is 37.1. The zero-order valence-electron chi connectivity index (χ0n) is 33.3. The van der Waals surface area contributed by atoms with Crippen LogP contribution in [0.4, 0.5) is 0 Å². The Hall–Kier alpha value is -0.920. The van der Waals surface area contributed by atoms with E-state index in [0.717, 1.165) is 38.5 Å². The lowest BCUT2D eigenvalue weighted by Crippen LogP contribution is -2.47. The second kappa shape index (κ2) is 37.8. The van der Waals surface area contributed by atoms with Gasteiger partial charge in [0.2, 0.25) is 5.91 Å². The van der Waals surface area contributed by atoms with Crippen LogP contribution in [-0.2, 0) is 14.9 Å². The fraction of sp³-hybridized carbons (Fsp3) is 0.930. The lowest BCUT2D eigenvalue weighted by molar-refractivity contribution is -0.122. The molecule has 0 aromatic carbocycles. The summed E-state index contributed by atoms with van der Waals surface area (Å²) in [6.07, 6.45) is 45.9. The van der Waals surface area contributed by atoms with Crippen LogP contribution in [0.2, 0.25) is 0 Å². The SMILES string of the molecule is CCCCCCCCC/C=C\CCCCCCCCCC(=O)NC(CS(=O)(=O)O)C(O)CCCCCCCCCCCCCCCCCCC. The number of amides is 1. The third-order valence-electron chi connectivity index (χ3n) is 10.2. The van der Waals surface area contributed by atoms with Crippen LogP contribution in [0.5, 0.6) is 0 Å². The summed E-state index contributed by atoms with van der Waals surface area (Å²) in [6.45, 7) is 4.53. The van der Waals surface area contributed by atoms with Gasteiger partial charge in [0, 0.05) is 6.42 Å². The van der Waals surface area contributed by atoms with Crippen molar-refractivity contribution in [3.05, 3.63) is 12.2 Å². The van der Waals surface area contributed by atoms with Crippen molar-refractivity contribution in [2.24, 2.45) is 0 Å². The molecular formula is C43H85NO5S. The summed E-state index contributed by atoms with van der Waals surface area (Å²) in [5.41, 5.74) is 0. The molecule has 0 aliphatic heterocycles. The number of aliphatic hydroxyl groups is 1. The van der Waals surface area contributed by atoms with E-state index >= 15 is 0 Å². The Bertz CT molecular complexity index is 846. The average Bonchev–Trinajstić information content (AvgIpc) is 3.08. The fourth-order valence-electron chi connectivity index (χ4n) is 6.92. The summed E-state index contributed by atoms with van der Waals surface area (Å²) >= 11 is 0. The van der Waals surface area contributed by atoms with E-state index in [1.807, 2.05) is 0 Å². The molecule has 0 aliphatic carbocycles. The van der Waals surface area contributed by atoms with Crippen molar-refractivity contribution in [3.8, 4) is 0 Å². The molecule has 1 amide bonds. The van der Waals surface area contributed by atoms with E-state index in [-0.39, 0.29) is 5.91 Å². The molecule has 3 N–H and O–H groups in total. The Morgan fingerprint density at radius 3 is 1.20 bits per heavy atom. The van der Waals surface area contributed by atoms with Crippen LogP contribution in [0, 0.1) is 0 Å². The highest BCUT2D eigenvalue weighted by Crippen LogP contribution is 2.16. The Morgan fingerprint density at radius 1 is 0.520 bits per heavy atom. The highest BCUT2D eigenvalue weighted by molar-refractivity contribution is 7.85. The molecule has 0 aromatic rings. The van der Waals surface area contributed by atoms with E-state index in [0.29, 0.717) is 12.8 Å². The van der Waals surface area contributed by atoms with E-state index in [4.69, 9.17) is 0 Å². The van der Waals surface area contributed by atoms with E-state index < -0.39 is 28.0 Å². The molecule has 0 radical (unpaired) electrons. The van der Waals surface area contributed by atoms with Crippen LogP contribution in [0.15, 0.2) is 12.2 Å². The number of unbranched alkanes of at least 4 members (excludes halogenated alkanes) is 30. The largest absolute Gasteiger partial charge is 0.391 e. The molecular weight excluding hydrogens is 643 g/mol. The maximum atomic E-state index is 12.5. The van der Waals surface area contributed by atoms with Gasteiger partial charge in [-0.1, -0.05) is 206 Å². The fourth-order valence-corrected chi connectivity index (χ4v) is 7.68. The van der Waals surface area contributed by atoms with Crippen molar-refractivity contribution in [1.29, 1.82) is 0 Å². The molecule has 50 heavy (non-hydrogen) atoms. The highest BCUT2D eigenvalue weighted by atomic mass is 32.2. The van der Waals surface area contributed by atoms with Crippen molar-refractivity contribution >= 4 is 16.0 Å². The van der Waals surface area contributed by atoms with Gasteiger partial charge in [-0.3, -0.25) is 9.35 Å². The molecule has 0 bridgehead atoms. The van der Waals surface area contributed by atoms with Gasteiger partial charge in [-0.25, -0.2) is 0 Å². The predicted octanol–water partition coefficient (Wildman–Crippen LogP) is 13.0. The quantitative estimate of drug-likeness (QED) is 0.0331. The minimum atomic E-state index is -4.31. The standard InChI is InChI=1S/C43H85NO5S/c1-3-5-7-9-11-13-15-17-19-21-23-25-27-29-31-33-35-37-39-43(46)44-41(40-50(47,48)49)42(45)38-36-34-32-30-28-26-24-22-20-18-16-14-12-10-8-6-4-2/h19,21,41-42,45H,3-18,20,22-40H2,1-2H3,(H,44,46)(H,47,48,49)/b21-19-. The van der Waals surface area contributed by atoms with Gasteiger partial charge in [-0.2, -0.15) is 8.42 Å². The van der Waals surface area contributed by atoms with Gasteiger partial charge in [0.15, 0.2) is 0 Å². The summed E-state index contributed by atoms with van der Waals surface area (Å²) in [4.78, 5) is 12.5. The number of hydrogen-bond donors (Lipinski definition) is 3. The second-order valence-electron chi connectivity index (χ2n) is 15.3. The maximum absolute atomic E-state index is 12.5. The first kappa shape index (κ1) is 49.1. The van der Waals surface area contributed by atoms with Gasteiger partial charge in [-0.05, 0) is 38.5 Å². The first-order valence-electron chi connectivity index (χ1n) is 21.9. The highest BCUT2D eigenvalue weighted by Gasteiger charge is 2.26. The van der Waals surface area contributed by atoms with Gasteiger partial charge in [0.1, 0.15) is 0 Å². The second-order valence-corrected chi connectivity index (χ2v) is 16.8. The predicted molar refractivity (Wildman–Crippen MR) is 216 cm³/mol. The van der Waals surface area contributed by atoms with Crippen molar-refractivity contribution in [1.82, 2.24) is 5.32 Å². The van der Waals surface area contributed by atoms with E-state index in [1.165, 1.54) is 173 Å². The summed E-state index contributed by atoms with van der Waals surface area (Å²) < 4.78 is 32.6. The van der Waals surface area contributed by atoms with Crippen molar-refractivity contribution in [3.63, 3.8) is 0 Å².